The predicted molar refractivity (Wildman–Crippen MR) is 83.2 cm³/mol. The maximum Gasteiger partial charge on any atom is 0.160 e. The van der Waals surface area contributed by atoms with Crippen LogP contribution in [0.2, 0.25) is 0 Å². The molecule has 1 aliphatic rings. The van der Waals surface area contributed by atoms with Gasteiger partial charge in [-0.25, -0.2) is 4.98 Å². The molecule has 0 N–H and O–H groups in total. The van der Waals surface area contributed by atoms with Gasteiger partial charge in [0.05, 0.1) is 0 Å². The van der Waals surface area contributed by atoms with Crippen molar-refractivity contribution < 1.29 is 0 Å². The molecule has 2 aromatic heterocycles. The van der Waals surface area contributed by atoms with Gasteiger partial charge in [-0.1, -0.05) is 0 Å². The number of likely N-dealkylation sites (N-methyl/N-ethyl adjacent to an activating group) is 1. The van der Waals surface area contributed by atoms with Gasteiger partial charge in [0, 0.05) is 44.6 Å². The van der Waals surface area contributed by atoms with Crippen LogP contribution >= 0.6 is 0 Å². The highest BCUT2D eigenvalue weighted by atomic mass is 15.3. The standard InChI is InChI=1S/C15H22N6/c1-15(2)11-21(10-9-20(15)4)13-6-5-12(17-18-13)14-16-7-8-19(14)3/h5-8H,9-11H2,1-4H3. The molecule has 0 aromatic carbocycles. The number of piperazine rings is 1. The lowest BCUT2D eigenvalue weighted by Gasteiger charge is -2.45. The molecule has 0 atom stereocenters. The predicted octanol–water partition coefficient (Wildman–Crippen LogP) is 1.41. The zero-order chi connectivity index (χ0) is 15.0. The SMILES string of the molecule is CN1CCN(c2ccc(-c3nccn3C)nn2)CC1(C)C. The topological polar surface area (TPSA) is 50.1 Å². The molecule has 1 aliphatic heterocycles. The van der Waals surface area contributed by atoms with Crippen LogP contribution in [0.25, 0.3) is 11.5 Å². The van der Waals surface area contributed by atoms with Gasteiger partial charge in [0.1, 0.15) is 5.69 Å². The minimum absolute atomic E-state index is 0.151. The molecule has 21 heavy (non-hydrogen) atoms. The van der Waals surface area contributed by atoms with E-state index in [0.717, 1.165) is 37.0 Å². The van der Waals surface area contributed by atoms with Crippen LogP contribution in [0.5, 0.6) is 0 Å². The first-order valence-corrected chi connectivity index (χ1v) is 7.25. The van der Waals surface area contributed by atoms with Crippen molar-refractivity contribution >= 4 is 5.82 Å². The van der Waals surface area contributed by atoms with Crippen molar-refractivity contribution in [2.24, 2.45) is 7.05 Å². The first-order chi connectivity index (χ1) is 9.97. The van der Waals surface area contributed by atoms with Crippen LogP contribution in [0.4, 0.5) is 5.82 Å². The van der Waals surface area contributed by atoms with Gasteiger partial charge in [-0.15, -0.1) is 10.2 Å². The highest BCUT2D eigenvalue weighted by Gasteiger charge is 2.31. The molecule has 3 rings (SSSR count). The summed E-state index contributed by atoms with van der Waals surface area (Å²) in [5.41, 5.74) is 0.956. The van der Waals surface area contributed by atoms with E-state index in [1.807, 2.05) is 29.9 Å². The number of nitrogens with zero attached hydrogens (tertiary/aromatic N) is 6. The third-order valence-corrected chi connectivity index (χ3v) is 4.34. The molecule has 2 aromatic rings. The summed E-state index contributed by atoms with van der Waals surface area (Å²) >= 11 is 0. The fraction of sp³-hybridized carbons (Fsp3) is 0.533. The van der Waals surface area contributed by atoms with Crippen molar-refractivity contribution in [3.05, 3.63) is 24.5 Å². The number of hydrogen-bond donors (Lipinski definition) is 0. The van der Waals surface area contributed by atoms with E-state index in [4.69, 9.17) is 0 Å². The summed E-state index contributed by atoms with van der Waals surface area (Å²) in [4.78, 5) is 8.99. The Kier molecular flexibility index (Phi) is 3.41. The first kappa shape index (κ1) is 14.0. The van der Waals surface area contributed by atoms with Crippen molar-refractivity contribution in [1.29, 1.82) is 0 Å². The smallest absolute Gasteiger partial charge is 0.160 e. The number of aryl methyl sites for hydroxylation is 1. The number of anilines is 1. The van der Waals surface area contributed by atoms with Crippen LogP contribution in [-0.2, 0) is 7.05 Å². The highest BCUT2D eigenvalue weighted by molar-refractivity contribution is 5.52. The van der Waals surface area contributed by atoms with Gasteiger partial charge < -0.3 is 9.47 Å². The Labute approximate surface area is 125 Å². The minimum atomic E-state index is 0.151. The molecular formula is C15H22N6. The van der Waals surface area contributed by atoms with E-state index in [1.165, 1.54) is 0 Å². The number of hydrogen-bond acceptors (Lipinski definition) is 5. The lowest BCUT2D eigenvalue weighted by molar-refractivity contribution is 0.138. The van der Waals surface area contributed by atoms with Gasteiger partial charge in [0.25, 0.3) is 0 Å². The van der Waals surface area contributed by atoms with E-state index < -0.39 is 0 Å². The number of aromatic nitrogens is 4. The van der Waals surface area contributed by atoms with E-state index in [-0.39, 0.29) is 5.54 Å². The van der Waals surface area contributed by atoms with Gasteiger partial charge in [-0.05, 0) is 33.0 Å². The van der Waals surface area contributed by atoms with Crippen molar-refractivity contribution in [2.45, 2.75) is 19.4 Å². The first-order valence-electron chi connectivity index (χ1n) is 7.25. The van der Waals surface area contributed by atoms with Crippen molar-refractivity contribution in [2.75, 3.05) is 31.6 Å². The lowest BCUT2D eigenvalue weighted by atomic mass is 10.00. The van der Waals surface area contributed by atoms with Gasteiger partial charge in [0.15, 0.2) is 11.6 Å². The van der Waals surface area contributed by atoms with Crippen LogP contribution in [0.1, 0.15) is 13.8 Å². The summed E-state index contributed by atoms with van der Waals surface area (Å²) in [6.45, 7) is 7.50. The zero-order valence-electron chi connectivity index (χ0n) is 13.1. The molecular weight excluding hydrogens is 264 g/mol. The molecule has 0 radical (unpaired) electrons. The summed E-state index contributed by atoms with van der Waals surface area (Å²) in [5, 5.41) is 8.73. The molecule has 0 saturated carbocycles. The van der Waals surface area contributed by atoms with Crippen LogP contribution in [0.15, 0.2) is 24.5 Å². The Morgan fingerprint density at radius 2 is 1.90 bits per heavy atom. The average molecular weight is 286 g/mol. The Balaban J connectivity index is 1.80. The Bertz CT molecular complexity index is 615. The second-order valence-electron chi connectivity index (χ2n) is 6.29. The summed E-state index contributed by atoms with van der Waals surface area (Å²) in [6.07, 6.45) is 3.68. The third kappa shape index (κ3) is 2.63. The molecule has 0 unspecified atom stereocenters. The summed E-state index contributed by atoms with van der Waals surface area (Å²) < 4.78 is 1.95. The number of rotatable bonds is 2. The molecule has 1 fully saturated rings. The van der Waals surface area contributed by atoms with Gasteiger partial charge in [-0.3, -0.25) is 4.90 Å². The van der Waals surface area contributed by atoms with Crippen molar-refractivity contribution in [3.63, 3.8) is 0 Å². The largest absolute Gasteiger partial charge is 0.352 e. The maximum atomic E-state index is 4.39. The van der Waals surface area contributed by atoms with Crippen LogP contribution in [-0.4, -0.2) is 56.9 Å². The molecule has 0 spiro atoms. The molecule has 0 bridgehead atoms. The molecule has 0 amide bonds. The van der Waals surface area contributed by atoms with E-state index in [9.17, 15) is 0 Å². The quantitative estimate of drug-likeness (QED) is 0.835. The number of imidazole rings is 1. The Morgan fingerprint density at radius 1 is 1.10 bits per heavy atom. The van der Waals surface area contributed by atoms with Gasteiger partial charge in [-0.2, -0.15) is 0 Å². The average Bonchev–Trinajstić information content (AvgIpc) is 2.88. The summed E-state index contributed by atoms with van der Waals surface area (Å²) in [7, 11) is 4.13. The summed E-state index contributed by atoms with van der Waals surface area (Å²) in [6, 6.07) is 4.04. The fourth-order valence-corrected chi connectivity index (χ4v) is 2.66. The fourth-order valence-electron chi connectivity index (χ4n) is 2.66. The second-order valence-corrected chi connectivity index (χ2v) is 6.29. The minimum Gasteiger partial charge on any atom is -0.352 e. The Morgan fingerprint density at radius 3 is 2.48 bits per heavy atom. The zero-order valence-corrected chi connectivity index (χ0v) is 13.1. The monoisotopic (exact) mass is 286 g/mol. The molecule has 6 heteroatoms. The molecule has 1 saturated heterocycles. The van der Waals surface area contributed by atoms with E-state index >= 15 is 0 Å². The van der Waals surface area contributed by atoms with Crippen molar-refractivity contribution in [1.82, 2.24) is 24.6 Å². The highest BCUT2D eigenvalue weighted by Crippen LogP contribution is 2.23. The Hall–Kier alpha value is -1.95. The molecule has 3 heterocycles. The molecule has 112 valence electrons. The van der Waals surface area contributed by atoms with Gasteiger partial charge in [0.2, 0.25) is 0 Å². The second kappa shape index (κ2) is 5.11. The third-order valence-electron chi connectivity index (χ3n) is 4.34. The van der Waals surface area contributed by atoms with Crippen LogP contribution in [0, 0.1) is 0 Å². The van der Waals surface area contributed by atoms with E-state index in [2.05, 4.69) is 45.9 Å². The summed E-state index contributed by atoms with van der Waals surface area (Å²) in [5.74, 6) is 1.78. The lowest BCUT2D eigenvalue weighted by Crippen LogP contribution is -2.57. The van der Waals surface area contributed by atoms with E-state index in [0.29, 0.717) is 0 Å². The van der Waals surface area contributed by atoms with E-state index in [1.54, 1.807) is 6.20 Å². The van der Waals surface area contributed by atoms with Gasteiger partial charge >= 0.3 is 0 Å². The molecule has 6 nitrogen and oxygen atoms in total. The van der Waals surface area contributed by atoms with Crippen LogP contribution < -0.4 is 4.90 Å². The molecule has 0 aliphatic carbocycles. The van der Waals surface area contributed by atoms with Crippen molar-refractivity contribution in [3.8, 4) is 11.5 Å². The maximum absolute atomic E-state index is 4.39. The van der Waals surface area contributed by atoms with Crippen LogP contribution in [0.3, 0.4) is 0 Å². The normalized spacial score (nSPS) is 19.0.